The van der Waals surface area contributed by atoms with Crippen LogP contribution in [0.1, 0.15) is 92.6 Å². The molecule has 0 radical (unpaired) electrons. The Balaban J connectivity index is 1.17. The van der Waals surface area contributed by atoms with E-state index in [2.05, 4.69) is 13.2 Å². The maximum atomic E-state index is 14.9. The Labute approximate surface area is 295 Å². The second kappa shape index (κ2) is 16.4. The molecule has 0 bridgehead atoms. The first-order valence-electron chi connectivity index (χ1n) is 16.9. The zero-order chi connectivity index (χ0) is 36.7. The molecule has 0 aliphatic heterocycles. The Hall–Kier alpha value is -5.58. The van der Waals surface area contributed by atoms with Crippen molar-refractivity contribution in [1.29, 1.82) is 0 Å². The molecule has 3 aromatic rings. The van der Waals surface area contributed by atoms with Crippen LogP contribution in [-0.4, -0.2) is 42.6 Å². The smallest absolute Gasteiger partial charge is 0.343 e. The molecule has 2 aliphatic rings. The van der Waals surface area contributed by atoms with Crippen molar-refractivity contribution < 1.29 is 52.0 Å². The summed E-state index contributed by atoms with van der Waals surface area (Å²) in [7, 11) is 0. The van der Waals surface area contributed by atoms with E-state index in [0.717, 1.165) is 66.5 Å². The van der Waals surface area contributed by atoms with Crippen LogP contribution in [-0.2, 0) is 28.7 Å². The van der Waals surface area contributed by atoms with E-state index in [1.165, 1.54) is 6.07 Å². The van der Waals surface area contributed by atoms with Gasteiger partial charge in [0.1, 0.15) is 17.6 Å². The van der Waals surface area contributed by atoms with Crippen LogP contribution in [0.2, 0.25) is 0 Å². The first-order chi connectivity index (χ1) is 24.4. The Bertz CT molecular complexity index is 1890. The number of esters is 5. The molecule has 1 atom stereocenters. The largest absolute Gasteiger partial charge is 0.465 e. The van der Waals surface area contributed by atoms with Gasteiger partial charge in [-0.15, -0.1) is 0 Å². The Morgan fingerprint density at radius 1 is 0.745 bits per heavy atom. The van der Waals surface area contributed by atoms with Crippen molar-refractivity contribution in [1.82, 2.24) is 0 Å². The topological polar surface area (TPSA) is 132 Å². The highest BCUT2D eigenvalue weighted by molar-refractivity contribution is 5.96. The van der Waals surface area contributed by atoms with Crippen LogP contribution in [0.25, 0.3) is 11.1 Å². The second-order valence-corrected chi connectivity index (χ2v) is 12.6. The average molecular weight is 699 g/mol. The van der Waals surface area contributed by atoms with Gasteiger partial charge in [-0.25, -0.2) is 18.8 Å². The van der Waals surface area contributed by atoms with Crippen molar-refractivity contribution in [2.24, 2.45) is 0 Å². The van der Waals surface area contributed by atoms with Gasteiger partial charge in [-0.05, 0) is 96.8 Å². The Morgan fingerprint density at radius 2 is 1.33 bits per heavy atom. The van der Waals surface area contributed by atoms with E-state index in [1.54, 1.807) is 30.3 Å². The van der Waals surface area contributed by atoms with Gasteiger partial charge in [-0.3, -0.25) is 9.59 Å². The van der Waals surface area contributed by atoms with Gasteiger partial charge in [0.2, 0.25) is 0 Å². The van der Waals surface area contributed by atoms with Crippen LogP contribution in [0.15, 0.2) is 78.9 Å². The van der Waals surface area contributed by atoms with Gasteiger partial charge >= 0.3 is 29.8 Å². The first-order valence-corrected chi connectivity index (χ1v) is 16.9. The molecule has 0 heterocycles. The summed E-state index contributed by atoms with van der Waals surface area (Å²) in [6, 6.07) is 13.6. The van der Waals surface area contributed by atoms with E-state index in [-0.39, 0.29) is 59.7 Å². The lowest BCUT2D eigenvalue weighted by Crippen LogP contribution is -2.22. The van der Waals surface area contributed by atoms with Crippen molar-refractivity contribution in [3.63, 3.8) is 0 Å². The molecule has 3 aromatic carbocycles. The molecule has 266 valence electrons. The minimum Gasteiger partial charge on any atom is -0.465 e. The highest BCUT2D eigenvalue weighted by Crippen LogP contribution is 2.47. The minimum atomic E-state index is -0.988. The molecular weight excluding hydrogens is 659 g/mol. The molecule has 1 fully saturated rings. The lowest BCUT2D eigenvalue weighted by atomic mass is 9.98. The van der Waals surface area contributed by atoms with Crippen molar-refractivity contribution in [2.45, 2.75) is 77.2 Å². The summed E-state index contributed by atoms with van der Waals surface area (Å²) in [5.41, 5.74) is 3.22. The number of ether oxygens (including phenoxy) is 5. The van der Waals surface area contributed by atoms with Gasteiger partial charge in [-0.2, -0.15) is 0 Å². The highest BCUT2D eigenvalue weighted by Gasteiger charge is 2.28. The van der Waals surface area contributed by atoms with Crippen LogP contribution in [0, 0.1) is 5.82 Å². The summed E-state index contributed by atoms with van der Waals surface area (Å²) < 4.78 is 41.4. The fourth-order valence-corrected chi connectivity index (χ4v) is 5.98. The zero-order valence-corrected chi connectivity index (χ0v) is 28.6. The molecule has 0 saturated heterocycles. The summed E-state index contributed by atoms with van der Waals surface area (Å²) in [6.45, 7) is 11.3. The van der Waals surface area contributed by atoms with Crippen LogP contribution in [0.5, 0.6) is 17.2 Å². The molecule has 0 N–H and O–H groups in total. The molecule has 0 aromatic heterocycles. The van der Waals surface area contributed by atoms with E-state index in [0.29, 0.717) is 6.42 Å². The molecular formula is C40H39FO10. The van der Waals surface area contributed by atoms with Gasteiger partial charge in [-0.1, -0.05) is 45.6 Å². The van der Waals surface area contributed by atoms with Gasteiger partial charge in [0.05, 0.1) is 25.0 Å². The van der Waals surface area contributed by atoms with Crippen molar-refractivity contribution >= 4 is 29.8 Å². The van der Waals surface area contributed by atoms with E-state index < -0.39 is 41.4 Å². The summed E-state index contributed by atoms with van der Waals surface area (Å²) in [5, 5.41) is 0. The molecule has 10 nitrogen and oxygen atoms in total. The lowest BCUT2D eigenvalue weighted by Gasteiger charge is -2.21. The molecule has 5 rings (SSSR count). The van der Waals surface area contributed by atoms with Crippen LogP contribution in [0.3, 0.4) is 0 Å². The van der Waals surface area contributed by atoms with Crippen LogP contribution in [0.4, 0.5) is 4.39 Å². The maximum absolute atomic E-state index is 14.9. The summed E-state index contributed by atoms with van der Waals surface area (Å²) in [6.07, 6.45) is 4.46. The number of carbonyl (C=O) groups excluding carboxylic acids is 5. The van der Waals surface area contributed by atoms with Gasteiger partial charge in [0, 0.05) is 17.1 Å². The third kappa shape index (κ3) is 9.16. The average Bonchev–Trinajstić information content (AvgIpc) is 3.38. The summed E-state index contributed by atoms with van der Waals surface area (Å²) in [4.78, 5) is 62.1. The highest BCUT2D eigenvalue weighted by atomic mass is 19.1. The molecule has 1 unspecified atom stereocenters. The predicted molar refractivity (Wildman–Crippen MR) is 184 cm³/mol. The van der Waals surface area contributed by atoms with Crippen LogP contribution >= 0.6 is 0 Å². The maximum Gasteiger partial charge on any atom is 0.343 e. The Kier molecular flexibility index (Phi) is 11.8. The van der Waals surface area contributed by atoms with Gasteiger partial charge in [0.25, 0.3) is 0 Å². The van der Waals surface area contributed by atoms with E-state index in [1.807, 2.05) is 19.9 Å². The fraction of sp³-hybridized carbons (Fsp3) is 0.325. The summed E-state index contributed by atoms with van der Waals surface area (Å²) >= 11 is 0. The predicted octanol–water partition coefficient (Wildman–Crippen LogP) is 7.71. The number of fused-ring (bicyclic) bond motifs is 3. The zero-order valence-electron chi connectivity index (χ0n) is 28.6. The van der Waals surface area contributed by atoms with E-state index in [9.17, 15) is 28.4 Å². The molecule has 51 heavy (non-hydrogen) atoms. The van der Waals surface area contributed by atoms with Crippen molar-refractivity contribution in [2.75, 3.05) is 6.61 Å². The van der Waals surface area contributed by atoms with E-state index >= 15 is 0 Å². The van der Waals surface area contributed by atoms with Crippen molar-refractivity contribution in [3.05, 3.63) is 101 Å². The molecule has 1 saturated carbocycles. The quantitative estimate of drug-likeness (QED) is 0.0994. The minimum absolute atomic E-state index is 0.0238. The third-order valence-electron chi connectivity index (χ3n) is 8.67. The SMILES string of the molecule is C=C(CC(=O)OCCC)C(=O)Oc1ccc2c(c1)C(C)c1cc(OC(=O)c3ccc(OC(=O)C(=C)CC(=O)OC4CCCCC4)c(F)c3)ccc1-2. The molecule has 0 amide bonds. The second-order valence-electron chi connectivity index (χ2n) is 12.6. The normalized spacial score (nSPS) is 14.8. The first kappa shape index (κ1) is 36.7. The molecule has 11 heteroatoms. The van der Waals surface area contributed by atoms with Crippen LogP contribution < -0.4 is 14.2 Å². The number of halogens is 1. The molecule has 2 aliphatic carbocycles. The number of carbonyl (C=O) groups is 5. The third-order valence-corrected chi connectivity index (χ3v) is 8.67. The van der Waals surface area contributed by atoms with Gasteiger partial charge < -0.3 is 23.7 Å². The fourth-order valence-electron chi connectivity index (χ4n) is 5.98. The number of rotatable bonds is 13. The van der Waals surface area contributed by atoms with Gasteiger partial charge in [0.15, 0.2) is 11.6 Å². The lowest BCUT2D eigenvalue weighted by molar-refractivity contribution is -0.150. The van der Waals surface area contributed by atoms with E-state index in [4.69, 9.17) is 23.7 Å². The monoisotopic (exact) mass is 698 g/mol. The Morgan fingerprint density at radius 3 is 1.94 bits per heavy atom. The standard InChI is InChI=1S/C40H39FO10/c1-5-17-47-36(42)18-23(2)38(44)49-28-12-14-30-31-15-13-29(22-33(31)25(4)32(30)21-28)50-40(46)26-11-16-35(34(41)20-26)51-39(45)24(3)19-37(43)48-27-9-7-6-8-10-27/h11-16,20-22,25,27H,2-3,5-10,17-19H2,1,4H3. The number of benzene rings is 3. The molecule has 0 spiro atoms. The summed E-state index contributed by atoms with van der Waals surface area (Å²) in [5.74, 6) is -4.77. The van der Waals surface area contributed by atoms with Crippen molar-refractivity contribution in [3.8, 4) is 28.4 Å². The number of hydrogen-bond donors (Lipinski definition) is 0. The number of hydrogen-bond acceptors (Lipinski definition) is 10.